The lowest BCUT2D eigenvalue weighted by atomic mass is 9.80. The second-order valence-electron chi connectivity index (χ2n) is 6.15. The summed E-state index contributed by atoms with van der Waals surface area (Å²) in [6.45, 7) is 5.44. The highest BCUT2D eigenvalue weighted by atomic mass is 16.6. The minimum Gasteiger partial charge on any atom is -0.443 e. The maximum atomic E-state index is 12.0. The van der Waals surface area contributed by atoms with Gasteiger partial charge in [0, 0.05) is 0 Å². The van der Waals surface area contributed by atoms with Crippen molar-refractivity contribution in [2.24, 2.45) is 17.8 Å². The molecule has 92 valence electrons. The highest BCUT2D eigenvalue weighted by Gasteiger charge is 2.62. The normalized spacial score (nSPS) is 38.1. The molecule has 0 N–H and O–H groups in total. The van der Waals surface area contributed by atoms with Crippen molar-refractivity contribution in [2.75, 3.05) is 0 Å². The summed E-state index contributed by atoms with van der Waals surface area (Å²) in [4.78, 5) is 25.2. The highest BCUT2D eigenvalue weighted by Crippen LogP contribution is 2.52. The molecule has 2 bridgehead atoms. The van der Waals surface area contributed by atoms with Gasteiger partial charge in [-0.3, -0.25) is 4.79 Å². The summed E-state index contributed by atoms with van der Waals surface area (Å²) < 4.78 is 5.27. The number of allylic oxidation sites excluding steroid dienone is 1. The van der Waals surface area contributed by atoms with Crippen molar-refractivity contribution >= 4 is 12.0 Å². The van der Waals surface area contributed by atoms with Crippen LogP contribution in [0.1, 0.15) is 27.2 Å². The van der Waals surface area contributed by atoms with Crippen LogP contribution in [0.25, 0.3) is 0 Å². The molecule has 3 aliphatic rings. The molecule has 0 aromatic rings. The zero-order valence-corrected chi connectivity index (χ0v) is 10.3. The lowest BCUT2D eigenvalue weighted by Crippen LogP contribution is -2.65. The SMILES string of the molecule is CC(C)(C)OC(=O)N1C(=O)[C@@H]2[C@H]1[C@H]1C=C[C@@H]2C1. The maximum absolute atomic E-state index is 12.0. The molecule has 0 spiro atoms. The quantitative estimate of drug-likeness (QED) is 0.476. The van der Waals surface area contributed by atoms with Gasteiger partial charge in [0.25, 0.3) is 0 Å². The van der Waals surface area contributed by atoms with Gasteiger partial charge in [0.05, 0.1) is 12.0 Å². The maximum Gasteiger partial charge on any atom is 0.417 e. The lowest BCUT2D eigenvalue weighted by molar-refractivity contribution is -0.154. The number of hydrogen-bond donors (Lipinski definition) is 0. The number of nitrogens with zero attached hydrogens (tertiary/aromatic N) is 1. The smallest absolute Gasteiger partial charge is 0.417 e. The summed E-state index contributed by atoms with van der Waals surface area (Å²) in [6, 6.07) is 0.0624. The Morgan fingerprint density at radius 3 is 2.65 bits per heavy atom. The third-order valence-electron chi connectivity index (χ3n) is 3.83. The summed E-state index contributed by atoms with van der Waals surface area (Å²) in [5.41, 5.74) is -0.546. The van der Waals surface area contributed by atoms with Crippen LogP contribution in [0, 0.1) is 17.8 Å². The molecule has 4 atom stereocenters. The average Bonchev–Trinajstić information content (AvgIpc) is 2.70. The number of carbonyl (C=O) groups excluding carboxylic acids is 2. The zero-order valence-electron chi connectivity index (χ0n) is 10.3. The van der Waals surface area contributed by atoms with Crippen molar-refractivity contribution in [3.8, 4) is 0 Å². The fraction of sp³-hybridized carbons (Fsp3) is 0.692. The zero-order chi connectivity index (χ0) is 12.4. The highest BCUT2D eigenvalue weighted by molar-refractivity contribution is 6.00. The van der Waals surface area contributed by atoms with E-state index in [2.05, 4.69) is 12.2 Å². The molecule has 3 rings (SSSR count). The van der Waals surface area contributed by atoms with Crippen molar-refractivity contribution in [3.05, 3.63) is 12.2 Å². The van der Waals surface area contributed by atoms with Crippen LogP contribution in [0.15, 0.2) is 12.2 Å². The van der Waals surface area contributed by atoms with Crippen molar-refractivity contribution in [2.45, 2.75) is 38.8 Å². The van der Waals surface area contributed by atoms with Crippen LogP contribution in [0.2, 0.25) is 0 Å². The van der Waals surface area contributed by atoms with Crippen molar-refractivity contribution in [1.29, 1.82) is 0 Å². The molecule has 17 heavy (non-hydrogen) atoms. The molecule has 2 amide bonds. The van der Waals surface area contributed by atoms with E-state index in [0.29, 0.717) is 11.8 Å². The Bertz CT molecular complexity index is 421. The van der Waals surface area contributed by atoms with E-state index in [1.807, 2.05) is 20.8 Å². The van der Waals surface area contributed by atoms with Crippen LogP contribution >= 0.6 is 0 Å². The number of rotatable bonds is 0. The van der Waals surface area contributed by atoms with Gasteiger partial charge in [-0.2, -0.15) is 0 Å². The summed E-state index contributed by atoms with van der Waals surface area (Å²) in [6.07, 6.45) is 4.79. The van der Waals surface area contributed by atoms with E-state index in [1.165, 1.54) is 4.90 Å². The monoisotopic (exact) mass is 235 g/mol. The first-order chi connectivity index (χ1) is 7.88. The summed E-state index contributed by atoms with van der Waals surface area (Å²) in [7, 11) is 0. The number of imide groups is 1. The predicted octanol–water partition coefficient (Wildman–Crippen LogP) is 1.95. The fourth-order valence-electron chi connectivity index (χ4n) is 3.23. The molecule has 0 aromatic heterocycles. The van der Waals surface area contributed by atoms with Gasteiger partial charge in [-0.25, -0.2) is 9.69 Å². The van der Waals surface area contributed by atoms with Gasteiger partial charge in [0.2, 0.25) is 5.91 Å². The molecule has 0 radical (unpaired) electrons. The standard InChI is InChI=1S/C13H17NO3/c1-13(2,3)17-12(16)14-10-8-5-4-7(6-8)9(10)11(14)15/h4-5,7-10H,6H2,1-3H3/t7-,8+,9+,10-/m1/s1. The Labute approximate surface area is 101 Å². The Balaban J connectivity index is 1.76. The summed E-state index contributed by atoms with van der Waals surface area (Å²) in [5.74, 6) is 0.699. The van der Waals surface area contributed by atoms with E-state index >= 15 is 0 Å². The number of hydrogen-bond acceptors (Lipinski definition) is 3. The van der Waals surface area contributed by atoms with Crippen molar-refractivity contribution in [3.63, 3.8) is 0 Å². The largest absolute Gasteiger partial charge is 0.443 e. The number of β-lactam (4-membered cyclic amide) rings is 1. The van der Waals surface area contributed by atoms with Gasteiger partial charge < -0.3 is 4.74 Å². The first-order valence-corrected chi connectivity index (χ1v) is 6.13. The van der Waals surface area contributed by atoms with E-state index in [-0.39, 0.29) is 17.9 Å². The van der Waals surface area contributed by atoms with E-state index in [0.717, 1.165) is 6.42 Å². The van der Waals surface area contributed by atoms with Gasteiger partial charge in [-0.15, -0.1) is 0 Å². The second kappa shape index (κ2) is 3.12. The molecule has 2 fully saturated rings. The van der Waals surface area contributed by atoms with Crippen LogP contribution in [0.4, 0.5) is 4.79 Å². The molecule has 0 aromatic carbocycles. The first-order valence-electron chi connectivity index (χ1n) is 6.13. The van der Waals surface area contributed by atoms with E-state index in [1.54, 1.807) is 0 Å². The minimum atomic E-state index is -0.546. The number of ether oxygens (including phenoxy) is 1. The van der Waals surface area contributed by atoms with Gasteiger partial charge in [0.1, 0.15) is 5.60 Å². The average molecular weight is 235 g/mol. The van der Waals surface area contributed by atoms with E-state index < -0.39 is 11.7 Å². The third-order valence-corrected chi connectivity index (χ3v) is 3.83. The Morgan fingerprint density at radius 1 is 1.35 bits per heavy atom. The molecule has 2 aliphatic carbocycles. The number of carbonyl (C=O) groups is 2. The topological polar surface area (TPSA) is 46.6 Å². The van der Waals surface area contributed by atoms with Crippen LogP contribution in [0.5, 0.6) is 0 Å². The van der Waals surface area contributed by atoms with E-state index in [4.69, 9.17) is 4.74 Å². The van der Waals surface area contributed by atoms with Crippen molar-refractivity contribution < 1.29 is 14.3 Å². The van der Waals surface area contributed by atoms with Crippen LogP contribution in [-0.4, -0.2) is 28.5 Å². The molecular formula is C13H17NO3. The molecule has 1 heterocycles. The third kappa shape index (κ3) is 1.43. The minimum absolute atomic E-state index is 0.0394. The molecule has 1 saturated heterocycles. The predicted molar refractivity (Wildman–Crippen MR) is 61.1 cm³/mol. The van der Waals surface area contributed by atoms with Gasteiger partial charge >= 0.3 is 6.09 Å². The Hall–Kier alpha value is -1.32. The molecule has 0 unspecified atom stereocenters. The van der Waals surface area contributed by atoms with Gasteiger partial charge in [0.15, 0.2) is 0 Å². The number of amides is 2. The first kappa shape index (κ1) is 10.8. The Morgan fingerprint density at radius 2 is 2.00 bits per heavy atom. The molecule has 1 aliphatic heterocycles. The summed E-state index contributed by atoms with van der Waals surface area (Å²) >= 11 is 0. The van der Waals surface area contributed by atoms with Crippen LogP contribution in [0.3, 0.4) is 0 Å². The summed E-state index contributed by atoms with van der Waals surface area (Å²) in [5, 5.41) is 0. The lowest BCUT2D eigenvalue weighted by Gasteiger charge is -2.46. The molecule has 4 nitrogen and oxygen atoms in total. The number of fused-ring (bicyclic) bond motifs is 5. The fourth-order valence-corrected chi connectivity index (χ4v) is 3.23. The van der Waals surface area contributed by atoms with E-state index in [9.17, 15) is 9.59 Å². The van der Waals surface area contributed by atoms with Crippen molar-refractivity contribution in [1.82, 2.24) is 4.90 Å². The van der Waals surface area contributed by atoms with Gasteiger partial charge in [-0.1, -0.05) is 12.2 Å². The molecule has 1 saturated carbocycles. The molecule has 4 heteroatoms. The van der Waals surface area contributed by atoms with Gasteiger partial charge in [-0.05, 0) is 39.0 Å². The Kier molecular flexibility index (Phi) is 1.98. The number of likely N-dealkylation sites (tertiary alicyclic amines) is 1. The van der Waals surface area contributed by atoms with Crippen LogP contribution < -0.4 is 0 Å². The molecular weight excluding hydrogens is 218 g/mol. The second-order valence-corrected chi connectivity index (χ2v) is 6.15. The van der Waals surface area contributed by atoms with Crippen LogP contribution in [-0.2, 0) is 9.53 Å².